The molecule has 1 unspecified atom stereocenters. The lowest BCUT2D eigenvalue weighted by Gasteiger charge is -2.17. The van der Waals surface area contributed by atoms with Crippen LogP contribution in [0.4, 0.5) is 0 Å². The van der Waals surface area contributed by atoms with E-state index in [0.29, 0.717) is 6.54 Å². The van der Waals surface area contributed by atoms with Crippen molar-refractivity contribution in [3.8, 4) is 0 Å². The molecule has 0 aromatic heterocycles. The Balaban J connectivity index is 2.61. The minimum absolute atomic E-state index is 0.127. The highest BCUT2D eigenvalue weighted by molar-refractivity contribution is 7.90. The van der Waals surface area contributed by atoms with Crippen LogP contribution in [0.3, 0.4) is 0 Å². The molecule has 2 atom stereocenters. The zero-order valence-corrected chi connectivity index (χ0v) is 12.9. The lowest BCUT2D eigenvalue weighted by Crippen LogP contribution is -2.44. The number of rotatable bonds is 6. The van der Waals surface area contributed by atoms with E-state index in [1.807, 2.05) is 13.8 Å². The third-order valence-corrected chi connectivity index (χ3v) is 4.51. The van der Waals surface area contributed by atoms with Gasteiger partial charge in [0.15, 0.2) is 9.84 Å². The van der Waals surface area contributed by atoms with Crippen molar-refractivity contribution in [1.82, 2.24) is 5.32 Å². The van der Waals surface area contributed by atoms with Crippen LogP contribution < -0.4 is 11.1 Å². The fraction of sp³-hybridized carbons (Fsp3) is 0.500. The van der Waals surface area contributed by atoms with Crippen LogP contribution >= 0.6 is 0 Å². The first-order valence-corrected chi connectivity index (χ1v) is 8.47. The van der Waals surface area contributed by atoms with Gasteiger partial charge in [0.25, 0.3) is 0 Å². The maximum absolute atomic E-state index is 11.8. The molecule has 0 saturated heterocycles. The highest BCUT2D eigenvalue weighted by Gasteiger charge is 2.18. The van der Waals surface area contributed by atoms with Crippen LogP contribution in [0.25, 0.3) is 0 Å². The minimum Gasteiger partial charge on any atom is -0.351 e. The number of sulfone groups is 1. The Kier molecular flexibility index (Phi) is 5.71. The molecule has 0 bridgehead atoms. The quantitative estimate of drug-likeness (QED) is 0.822. The summed E-state index contributed by atoms with van der Waals surface area (Å²) in [6.45, 7) is 4.26. The zero-order chi connectivity index (χ0) is 15.3. The summed E-state index contributed by atoms with van der Waals surface area (Å²) >= 11 is 0. The number of carbonyl (C=O) groups excluding carboxylic acids is 1. The van der Waals surface area contributed by atoms with Gasteiger partial charge in [-0.25, -0.2) is 8.42 Å². The predicted octanol–water partition coefficient (Wildman–Crippen LogP) is 1.08. The predicted molar refractivity (Wildman–Crippen MR) is 78.8 cm³/mol. The van der Waals surface area contributed by atoms with E-state index in [-0.39, 0.29) is 16.7 Å². The number of amides is 1. The first-order chi connectivity index (χ1) is 9.25. The zero-order valence-electron chi connectivity index (χ0n) is 12.1. The van der Waals surface area contributed by atoms with Crippen molar-refractivity contribution in [1.29, 1.82) is 0 Å². The van der Waals surface area contributed by atoms with Crippen LogP contribution in [0, 0.1) is 5.92 Å². The Morgan fingerprint density at radius 1 is 1.30 bits per heavy atom. The smallest absolute Gasteiger partial charge is 0.237 e. The van der Waals surface area contributed by atoms with Crippen LogP contribution in [-0.2, 0) is 21.2 Å². The molecule has 0 radical (unpaired) electrons. The molecule has 0 heterocycles. The van der Waals surface area contributed by atoms with Crippen molar-refractivity contribution in [3.63, 3.8) is 0 Å². The van der Waals surface area contributed by atoms with Crippen LogP contribution in [0.1, 0.15) is 25.8 Å². The summed E-state index contributed by atoms with van der Waals surface area (Å²) in [5.41, 5.74) is 6.66. The van der Waals surface area contributed by atoms with E-state index in [4.69, 9.17) is 5.73 Å². The van der Waals surface area contributed by atoms with Gasteiger partial charge < -0.3 is 11.1 Å². The second kappa shape index (κ2) is 6.85. The van der Waals surface area contributed by atoms with E-state index in [9.17, 15) is 13.2 Å². The second-order valence-corrected chi connectivity index (χ2v) is 7.06. The van der Waals surface area contributed by atoms with Crippen LogP contribution in [0.2, 0.25) is 0 Å². The number of hydrogen-bond acceptors (Lipinski definition) is 4. The molecule has 0 aliphatic rings. The summed E-state index contributed by atoms with van der Waals surface area (Å²) in [7, 11) is -3.19. The molecule has 6 heteroatoms. The van der Waals surface area contributed by atoms with Gasteiger partial charge in [-0.05, 0) is 23.6 Å². The molecule has 5 nitrogen and oxygen atoms in total. The average molecular weight is 298 g/mol. The van der Waals surface area contributed by atoms with E-state index < -0.39 is 15.9 Å². The van der Waals surface area contributed by atoms with Crippen molar-refractivity contribution >= 4 is 15.7 Å². The maximum Gasteiger partial charge on any atom is 0.237 e. The van der Waals surface area contributed by atoms with Crippen LogP contribution in [0.5, 0.6) is 0 Å². The fourth-order valence-electron chi connectivity index (χ4n) is 1.67. The maximum atomic E-state index is 11.8. The summed E-state index contributed by atoms with van der Waals surface area (Å²) in [5, 5.41) is 2.76. The lowest BCUT2D eigenvalue weighted by atomic mass is 9.99. The van der Waals surface area contributed by atoms with Gasteiger partial charge in [-0.15, -0.1) is 0 Å². The number of nitrogens with one attached hydrogen (secondary N) is 1. The second-order valence-electron chi connectivity index (χ2n) is 5.05. The van der Waals surface area contributed by atoms with Gasteiger partial charge in [-0.1, -0.05) is 32.4 Å². The molecule has 1 amide bonds. The minimum atomic E-state index is -3.19. The normalized spacial score (nSPS) is 14.6. The number of hydrogen-bond donors (Lipinski definition) is 2. The summed E-state index contributed by atoms with van der Waals surface area (Å²) in [4.78, 5) is 12.1. The summed E-state index contributed by atoms with van der Waals surface area (Å²) in [6.07, 6.45) is 2.01. The SMILES string of the molecule is CCC(C)[C@H](N)C(=O)NCc1ccc(S(C)(=O)=O)cc1. The molecule has 112 valence electrons. The summed E-state index contributed by atoms with van der Waals surface area (Å²) in [6, 6.07) is 5.92. The Morgan fingerprint density at radius 2 is 1.85 bits per heavy atom. The highest BCUT2D eigenvalue weighted by atomic mass is 32.2. The molecular weight excluding hydrogens is 276 g/mol. The lowest BCUT2D eigenvalue weighted by molar-refractivity contribution is -0.123. The summed E-state index contributed by atoms with van der Waals surface area (Å²) in [5.74, 6) is -0.0610. The van der Waals surface area contributed by atoms with Crippen molar-refractivity contribution in [2.45, 2.75) is 37.8 Å². The van der Waals surface area contributed by atoms with E-state index in [1.54, 1.807) is 12.1 Å². The topological polar surface area (TPSA) is 89.3 Å². The van der Waals surface area contributed by atoms with Gasteiger partial charge >= 0.3 is 0 Å². The third-order valence-electron chi connectivity index (χ3n) is 3.38. The molecule has 0 fully saturated rings. The Labute approximate surface area is 120 Å². The van der Waals surface area contributed by atoms with Crippen LogP contribution in [0.15, 0.2) is 29.2 Å². The van der Waals surface area contributed by atoms with E-state index in [2.05, 4.69) is 5.32 Å². The van der Waals surface area contributed by atoms with Gasteiger partial charge in [-0.2, -0.15) is 0 Å². The van der Waals surface area contributed by atoms with Gasteiger partial charge in [-0.3, -0.25) is 4.79 Å². The van der Waals surface area contributed by atoms with E-state index in [0.717, 1.165) is 18.2 Å². The van der Waals surface area contributed by atoms with E-state index >= 15 is 0 Å². The van der Waals surface area contributed by atoms with Gasteiger partial charge in [0, 0.05) is 12.8 Å². The molecule has 0 aliphatic heterocycles. The van der Waals surface area contributed by atoms with Gasteiger partial charge in [0.2, 0.25) is 5.91 Å². The summed E-state index contributed by atoms with van der Waals surface area (Å²) < 4.78 is 22.6. The van der Waals surface area contributed by atoms with Gasteiger partial charge in [0.05, 0.1) is 10.9 Å². The Hall–Kier alpha value is -1.40. The first kappa shape index (κ1) is 16.7. The molecule has 1 aromatic rings. The van der Waals surface area contributed by atoms with Crippen molar-refractivity contribution in [2.24, 2.45) is 11.7 Å². The Bertz CT molecular complexity index is 552. The molecule has 1 rings (SSSR count). The number of nitrogens with two attached hydrogens (primary N) is 1. The molecule has 1 aromatic carbocycles. The van der Waals surface area contributed by atoms with Crippen molar-refractivity contribution < 1.29 is 13.2 Å². The van der Waals surface area contributed by atoms with Gasteiger partial charge in [0.1, 0.15) is 0 Å². The average Bonchev–Trinajstić information content (AvgIpc) is 2.42. The molecular formula is C14H22N2O3S. The third kappa shape index (κ3) is 4.61. The van der Waals surface area contributed by atoms with Crippen molar-refractivity contribution in [3.05, 3.63) is 29.8 Å². The van der Waals surface area contributed by atoms with Crippen LogP contribution in [-0.4, -0.2) is 26.6 Å². The monoisotopic (exact) mass is 298 g/mol. The fourth-order valence-corrected chi connectivity index (χ4v) is 2.30. The largest absolute Gasteiger partial charge is 0.351 e. The number of carbonyl (C=O) groups is 1. The van der Waals surface area contributed by atoms with Crippen molar-refractivity contribution in [2.75, 3.05) is 6.26 Å². The van der Waals surface area contributed by atoms with E-state index in [1.165, 1.54) is 12.1 Å². The molecule has 0 spiro atoms. The number of benzene rings is 1. The molecule has 0 saturated carbocycles. The molecule has 0 aliphatic carbocycles. The standard InChI is InChI=1S/C14H22N2O3S/c1-4-10(2)13(15)14(17)16-9-11-5-7-12(8-6-11)20(3,18)19/h5-8,10,13H,4,9,15H2,1-3H3,(H,16,17)/t10?,13-/m0/s1. The molecule has 20 heavy (non-hydrogen) atoms. The Morgan fingerprint density at radius 3 is 2.30 bits per heavy atom. The molecule has 3 N–H and O–H groups in total. The first-order valence-electron chi connectivity index (χ1n) is 6.58. The highest BCUT2D eigenvalue weighted by Crippen LogP contribution is 2.10.